The van der Waals surface area contributed by atoms with Crippen molar-refractivity contribution < 1.29 is 10.2 Å². The van der Waals surface area contributed by atoms with E-state index in [1.807, 2.05) is 0 Å². The molecule has 124 valence electrons. The predicted octanol–water partition coefficient (Wildman–Crippen LogP) is 4.23. The second-order valence-electron chi connectivity index (χ2n) is 8.97. The molecule has 0 spiro atoms. The number of hydrogen-bond donors (Lipinski definition) is 2. The topological polar surface area (TPSA) is 40.5 Å². The molecule has 3 rings (SSSR count). The third-order valence-electron chi connectivity index (χ3n) is 7.63. The van der Waals surface area contributed by atoms with Gasteiger partial charge in [-0.25, -0.2) is 0 Å². The van der Waals surface area contributed by atoms with E-state index in [4.69, 9.17) is 0 Å². The fourth-order valence-electron chi connectivity index (χ4n) is 5.66. The number of fused-ring (bicyclic) bond motifs is 3. The molecule has 22 heavy (non-hydrogen) atoms. The fourth-order valence-corrected chi connectivity index (χ4v) is 5.66. The van der Waals surface area contributed by atoms with Gasteiger partial charge in [0.2, 0.25) is 0 Å². The SMILES string of the molecule is C=C[C@]1(C)CC[C@]2(C)C(=CC[C@H]3[C@@](C)(CO)CCC[C@@]32O)C1. The minimum Gasteiger partial charge on any atom is -0.396 e. The van der Waals surface area contributed by atoms with Crippen LogP contribution in [0.2, 0.25) is 0 Å². The zero-order valence-electron chi connectivity index (χ0n) is 14.5. The van der Waals surface area contributed by atoms with Crippen LogP contribution < -0.4 is 0 Å². The minimum atomic E-state index is -0.657. The van der Waals surface area contributed by atoms with Crippen LogP contribution in [0.4, 0.5) is 0 Å². The van der Waals surface area contributed by atoms with Crippen molar-refractivity contribution in [3.8, 4) is 0 Å². The number of aliphatic hydroxyl groups excluding tert-OH is 1. The molecular formula is C20H32O2. The van der Waals surface area contributed by atoms with Crippen LogP contribution >= 0.6 is 0 Å². The molecule has 5 atom stereocenters. The van der Waals surface area contributed by atoms with Crippen molar-refractivity contribution in [3.05, 3.63) is 24.3 Å². The van der Waals surface area contributed by atoms with Gasteiger partial charge in [-0.15, -0.1) is 6.58 Å². The summed E-state index contributed by atoms with van der Waals surface area (Å²) in [7, 11) is 0. The van der Waals surface area contributed by atoms with Gasteiger partial charge in [-0.3, -0.25) is 0 Å². The summed E-state index contributed by atoms with van der Waals surface area (Å²) in [5.41, 5.74) is 0.674. The summed E-state index contributed by atoms with van der Waals surface area (Å²) >= 11 is 0. The molecule has 3 aliphatic carbocycles. The van der Waals surface area contributed by atoms with E-state index in [0.717, 1.165) is 44.9 Å². The zero-order chi connectivity index (χ0) is 16.2. The lowest BCUT2D eigenvalue weighted by molar-refractivity contribution is -0.190. The Kier molecular flexibility index (Phi) is 3.66. The summed E-state index contributed by atoms with van der Waals surface area (Å²) in [6.45, 7) is 10.9. The molecular weight excluding hydrogens is 272 g/mol. The van der Waals surface area contributed by atoms with Crippen LogP contribution in [-0.2, 0) is 0 Å². The summed E-state index contributed by atoms with van der Waals surface area (Å²) in [5, 5.41) is 21.7. The molecule has 0 unspecified atom stereocenters. The highest BCUT2D eigenvalue weighted by atomic mass is 16.3. The summed E-state index contributed by atoms with van der Waals surface area (Å²) in [6.07, 6.45) is 11.5. The van der Waals surface area contributed by atoms with Crippen molar-refractivity contribution in [1.82, 2.24) is 0 Å². The molecule has 2 nitrogen and oxygen atoms in total. The van der Waals surface area contributed by atoms with E-state index in [9.17, 15) is 10.2 Å². The Morgan fingerprint density at radius 2 is 1.95 bits per heavy atom. The molecule has 2 fully saturated rings. The Morgan fingerprint density at radius 1 is 1.23 bits per heavy atom. The lowest BCUT2D eigenvalue weighted by Gasteiger charge is -2.63. The van der Waals surface area contributed by atoms with Gasteiger partial charge < -0.3 is 10.2 Å². The van der Waals surface area contributed by atoms with Crippen LogP contribution in [0.5, 0.6) is 0 Å². The first-order valence-corrected chi connectivity index (χ1v) is 8.89. The molecule has 0 aromatic heterocycles. The third kappa shape index (κ3) is 1.99. The van der Waals surface area contributed by atoms with E-state index in [0.29, 0.717) is 0 Å². The smallest absolute Gasteiger partial charge is 0.0775 e. The van der Waals surface area contributed by atoms with E-state index in [1.165, 1.54) is 5.57 Å². The van der Waals surface area contributed by atoms with E-state index < -0.39 is 5.60 Å². The minimum absolute atomic E-state index is 0.130. The Hall–Kier alpha value is -0.600. The van der Waals surface area contributed by atoms with Crippen molar-refractivity contribution in [2.24, 2.45) is 22.2 Å². The Morgan fingerprint density at radius 3 is 2.59 bits per heavy atom. The zero-order valence-corrected chi connectivity index (χ0v) is 14.5. The maximum atomic E-state index is 11.8. The highest BCUT2D eigenvalue weighted by Crippen LogP contribution is 2.64. The van der Waals surface area contributed by atoms with Gasteiger partial charge in [0.05, 0.1) is 5.60 Å². The van der Waals surface area contributed by atoms with Crippen molar-refractivity contribution in [1.29, 1.82) is 0 Å². The highest BCUT2D eigenvalue weighted by Gasteiger charge is 2.62. The van der Waals surface area contributed by atoms with E-state index in [1.54, 1.807) is 0 Å². The molecule has 2 saturated carbocycles. The molecule has 0 bridgehead atoms. The number of allylic oxidation sites excluding steroid dienone is 2. The van der Waals surface area contributed by atoms with Crippen molar-refractivity contribution in [2.75, 3.05) is 6.61 Å². The Labute approximate surface area is 135 Å². The standard InChI is InChI=1S/C20H32O2/c1-5-17(2)11-12-19(4)15(13-17)7-8-16-18(3,14-21)9-6-10-20(16,19)22/h5,7,16,21-22H,1,6,8-14H2,2-4H3/t16-,17+,18+,19+,20+/m0/s1. The first-order valence-electron chi connectivity index (χ1n) is 8.89. The van der Waals surface area contributed by atoms with Crippen LogP contribution in [0.1, 0.15) is 65.7 Å². The van der Waals surface area contributed by atoms with Gasteiger partial charge >= 0.3 is 0 Å². The fraction of sp³-hybridized carbons (Fsp3) is 0.800. The Bertz CT molecular complexity index is 510. The molecule has 0 heterocycles. The quantitative estimate of drug-likeness (QED) is 0.750. The lowest BCUT2D eigenvalue weighted by Crippen LogP contribution is -2.63. The number of hydrogen-bond acceptors (Lipinski definition) is 2. The summed E-state index contributed by atoms with van der Waals surface area (Å²) < 4.78 is 0. The molecule has 0 aromatic rings. The van der Waals surface area contributed by atoms with Gasteiger partial charge in [0, 0.05) is 12.0 Å². The highest BCUT2D eigenvalue weighted by molar-refractivity contribution is 5.32. The molecule has 0 radical (unpaired) electrons. The third-order valence-corrected chi connectivity index (χ3v) is 7.63. The maximum absolute atomic E-state index is 11.8. The number of aliphatic hydroxyl groups is 2. The second kappa shape index (κ2) is 4.95. The summed E-state index contributed by atoms with van der Waals surface area (Å²) in [5.74, 6) is 0.181. The normalized spacial score (nSPS) is 51.5. The molecule has 2 heteroatoms. The predicted molar refractivity (Wildman–Crippen MR) is 90.4 cm³/mol. The largest absolute Gasteiger partial charge is 0.396 e. The van der Waals surface area contributed by atoms with E-state index in [-0.39, 0.29) is 28.8 Å². The van der Waals surface area contributed by atoms with Crippen molar-refractivity contribution >= 4 is 0 Å². The first kappa shape index (κ1) is 16.3. The summed E-state index contributed by atoms with van der Waals surface area (Å²) in [4.78, 5) is 0. The van der Waals surface area contributed by atoms with Gasteiger partial charge in [0.25, 0.3) is 0 Å². The average Bonchev–Trinajstić information content (AvgIpc) is 2.49. The van der Waals surface area contributed by atoms with Crippen LogP contribution in [0.25, 0.3) is 0 Å². The number of rotatable bonds is 2. The maximum Gasteiger partial charge on any atom is 0.0775 e. The Balaban J connectivity index is 2.03. The van der Waals surface area contributed by atoms with E-state index in [2.05, 4.69) is 39.5 Å². The van der Waals surface area contributed by atoms with Crippen LogP contribution in [-0.4, -0.2) is 22.4 Å². The van der Waals surface area contributed by atoms with Crippen LogP contribution in [0.3, 0.4) is 0 Å². The van der Waals surface area contributed by atoms with Gasteiger partial charge in [-0.1, -0.05) is 38.5 Å². The molecule has 0 aromatic carbocycles. The van der Waals surface area contributed by atoms with Gasteiger partial charge in [0.1, 0.15) is 0 Å². The molecule has 0 saturated heterocycles. The molecule has 3 aliphatic rings. The summed E-state index contributed by atoms with van der Waals surface area (Å²) in [6, 6.07) is 0. The van der Waals surface area contributed by atoms with E-state index >= 15 is 0 Å². The second-order valence-corrected chi connectivity index (χ2v) is 8.97. The van der Waals surface area contributed by atoms with Gasteiger partial charge in [-0.05, 0) is 61.7 Å². The first-order chi connectivity index (χ1) is 10.2. The molecule has 0 aliphatic heterocycles. The van der Waals surface area contributed by atoms with Gasteiger partial charge in [0.15, 0.2) is 0 Å². The van der Waals surface area contributed by atoms with Crippen LogP contribution in [0.15, 0.2) is 24.3 Å². The van der Waals surface area contributed by atoms with Crippen LogP contribution in [0, 0.1) is 22.2 Å². The van der Waals surface area contributed by atoms with Gasteiger partial charge in [-0.2, -0.15) is 0 Å². The van der Waals surface area contributed by atoms with Crippen molar-refractivity contribution in [2.45, 2.75) is 71.3 Å². The molecule has 2 N–H and O–H groups in total. The lowest BCUT2D eigenvalue weighted by atomic mass is 9.44. The monoisotopic (exact) mass is 304 g/mol. The molecule has 0 amide bonds. The average molecular weight is 304 g/mol. The van der Waals surface area contributed by atoms with Crippen molar-refractivity contribution in [3.63, 3.8) is 0 Å².